The summed E-state index contributed by atoms with van der Waals surface area (Å²) in [7, 11) is 0. The Labute approximate surface area is 168 Å². The molecule has 1 atom stereocenters. The summed E-state index contributed by atoms with van der Waals surface area (Å²) >= 11 is 1.34. The zero-order chi connectivity index (χ0) is 19.9. The van der Waals surface area contributed by atoms with Crippen molar-refractivity contribution in [3.05, 3.63) is 52.2 Å². The molecule has 1 aliphatic carbocycles. The maximum absolute atomic E-state index is 12.4. The monoisotopic (exact) mass is 400 g/mol. The van der Waals surface area contributed by atoms with E-state index in [4.69, 9.17) is 4.74 Å². The first-order valence-electron chi connectivity index (χ1n) is 9.49. The number of ether oxygens (including phenoxy) is 1. The van der Waals surface area contributed by atoms with Crippen LogP contribution in [0.5, 0.6) is 0 Å². The molecule has 1 heterocycles. The highest BCUT2D eigenvalue weighted by Gasteiger charge is 2.23. The van der Waals surface area contributed by atoms with Crippen LogP contribution in [0.1, 0.15) is 59.1 Å². The van der Waals surface area contributed by atoms with Gasteiger partial charge < -0.3 is 15.4 Å². The van der Waals surface area contributed by atoms with Crippen LogP contribution < -0.4 is 10.6 Å². The van der Waals surface area contributed by atoms with Crippen molar-refractivity contribution in [2.45, 2.75) is 51.2 Å². The van der Waals surface area contributed by atoms with Gasteiger partial charge in [-0.05, 0) is 49.4 Å². The van der Waals surface area contributed by atoms with Gasteiger partial charge in [0.15, 0.2) is 6.10 Å². The fourth-order valence-electron chi connectivity index (χ4n) is 3.17. The van der Waals surface area contributed by atoms with Crippen molar-refractivity contribution in [3.8, 4) is 0 Å². The first kappa shape index (κ1) is 20.1. The molecule has 0 aliphatic heterocycles. The van der Waals surface area contributed by atoms with Gasteiger partial charge >= 0.3 is 5.97 Å². The van der Waals surface area contributed by atoms with Crippen LogP contribution in [0.15, 0.2) is 41.8 Å². The summed E-state index contributed by atoms with van der Waals surface area (Å²) in [6, 6.07) is 10.2. The summed E-state index contributed by atoms with van der Waals surface area (Å²) in [5.74, 6) is -1.11. The second-order valence-corrected chi connectivity index (χ2v) is 7.85. The van der Waals surface area contributed by atoms with Gasteiger partial charge in [-0.1, -0.05) is 31.4 Å². The Morgan fingerprint density at radius 2 is 1.89 bits per heavy atom. The summed E-state index contributed by atoms with van der Waals surface area (Å²) < 4.78 is 5.31. The van der Waals surface area contributed by atoms with E-state index in [1.807, 2.05) is 5.38 Å². The Balaban J connectivity index is 1.56. The highest BCUT2D eigenvalue weighted by atomic mass is 32.1. The van der Waals surface area contributed by atoms with Gasteiger partial charge in [-0.15, -0.1) is 11.3 Å². The molecular formula is C21H24N2O4S. The van der Waals surface area contributed by atoms with Crippen molar-refractivity contribution in [1.82, 2.24) is 5.32 Å². The third-order valence-electron chi connectivity index (χ3n) is 4.71. The number of anilines is 1. The predicted molar refractivity (Wildman–Crippen MR) is 109 cm³/mol. The Kier molecular flexibility index (Phi) is 6.81. The van der Waals surface area contributed by atoms with Crippen LogP contribution in [-0.2, 0) is 9.53 Å². The molecule has 0 saturated heterocycles. The number of thiophene rings is 1. The van der Waals surface area contributed by atoms with Gasteiger partial charge in [-0.3, -0.25) is 9.59 Å². The largest absolute Gasteiger partial charge is 0.449 e. The third-order valence-corrected chi connectivity index (χ3v) is 5.57. The minimum atomic E-state index is -0.876. The zero-order valence-corrected chi connectivity index (χ0v) is 16.6. The van der Waals surface area contributed by atoms with Crippen LogP contribution >= 0.6 is 11.3 Å². The number of amides is 2. The normalized spacial score (nSPS) is 15.5. The van der Waals surface area contributed by atoms with E-state index in [1.54, 1.807) is 43.3 Å². The topological polar surface area (TPSA) is 84.5 Å². The predicted octanol–water partition coefficient (Wildman–Crippen LogP) is 3.99. The van der Waals surface area contributed by atoms with E-state index in [9.17, 15) is 14.4 Å². The highest BCUT2D eigenvalue weighted by molar-refractivity contribution is 7.12. The second kappa shape index (κ2) is 9.50. The van der Waals surface area contributed by atoms with Crippen molar-refractivity contribution >= 4 is 34.8 Å². The number of nitrogens with one attached hydrogen (secondary N) is 2. The number of esters is 1. The maximum atomic E-state index is 12.4. The number of carbonyl (C=O) groups is 3. The van der Waals surface area contributed by atoms with Crippen molar-refractivity contribution in [2.75, 3.05) is 5.32 Å². The number of benzene rings is 1. The Morgan fingerprint density at radius 3 is 2.61 bits per heavy atom. The van der Waals surface area contributed by atoms with E-state index >= 15 is 0 Å². The molecule has 1 aromatic carbocycles. The Bertz CT molecular complexity index is 829. The molecule has 1 aliphatic rings. The van der Waals surface area contributed by atoms with E-state index < -0.39 is 12.1 Å². The van der Waals surface area contributed by atoms with Crippen LogP contribution in [0.4, 0.5) is 5.69 Å². The molecule has 2 aromatic rings. The van der Waals surface area contributed by atoms with Gasteiger partial charge in [0.2, 0.25) is 0 Å². The molecule has 1 fully saturated rings. The average molecular weight is 401 g/mol. The molecule has 2 N–H and O–H groups in total. The smallest absolute Gasteiger partial charge is 0.338 e. The highest BCUT2D eigenvalue weighted by Crippen LogP contribution is 2.18. The van der Waals surface area contributed by atoms with Crippen molar-refractivity contribution < 1.29 is 19.1 Å². The lowest BCUT2D eigenvalue weighted by molar-refractivity contribution is -0.130. The Morgan fingerprint density at radius 1 is 1.11 bits per heavy atom. The summed E-state index contributed by atoms with van der Waals surface area (Å²) in [5.41, 5.74) is 0.772. The molecule has 2 amide bonds. The Hall–Kier alpha value is -2.67. The van der Waals surface area contributed by atoms with Gasteiger partial charge in [-0.2, -0.15) is 0 Å². The van der Waals surface area contributed by atoms with E-state index in [0.717, 1.165) is 25.7 Å². The molecule has 28 heavy (non-hydrogen) atoms. The minimum absolute atomic E-state index is 0.165. The SMILES string of the molecule is C[C@H](OC(=O)c1cccc(NC(=O)c2cccs2)c1)C(=O)NC1CCCCC1. The molecule has 0 radical (unpaired) electrons. The van der Waals surface area contributed by atoms with E-state index in [0.29, 0.717) is 10.6 Å². The first-order chi connectivity index (χ1) is 13.5. The first-order valence-corrected chi connectivity index (χ1v) is 10.4. The fraction of sp³-hybridized carbons (Fsp3) is 0.381. The molecule has 148 valence electrons. The van der Waals surface area contributed by atoms with Crippen LogP contribution in [0.25, 0.3) is 0 Å². The number of hydrogen-bond donors (Lipinski definition) is 2. The third kappa shape index (κ3) is 5.42. The second-order valence-electron chi connectivity index (χ2n) is 6.90. The number of carbonyl (C=O) groups excluding carboxylic acids is 3. The lowest BCUT2D eigenvalue weighted by Gasteiger charge is -2.24. The van der Waals surface area contributed by atoms with E-state index in [-0.39, 0.29) is 23.4 Å². The molecule has 0 bridgehead atoms. The lowest BCUT2D eigenvalue weighted by Crippen LogP contribution is -2.42. The summed E-state index contributed by atoms with van der Waals surface area (Å²) in [6.45, 7) is 1.57. The number of hydrogen-bond acceptors (Lipinski definition) is 5. The van der Waals surface area contributed by atoms with E-state index in [1.165, 1.54) is 17.8 Å². The van der Waals surface area contributed by atoms with Gasteiger partial charge in [-0.25, -0.2) is 4.79 Å². The standard InChI is InChI=1S/C21H24N2O4S/c1-14(19(24)22-16-8-3-2-4-9-16)27-21(26)15-7-5-10-17(13-15)23-20(25)18-11-6-12-28-18/h5-7,10-14,16H,2-4,8-9H2,1H3,(H,22,24)(H,23,25)/t14-/m0/s1. The zero-order valence-electron chi connectivity index (χ0n) is 15.8. The van der Waals surface area contributed by atoms with Crippen LogP contribution in [0.2, 0.25) is 0 Å². The molecule has 7 heteroatoms. The van der Waals surface area contributed by atoms with Crippen LogP contribution in [-0.4, -0.2) is 29.9 Å². The molecular weight excluding hydrogens is 376 g/mol. The molecule has 1 saturated carbocycles. The van der Waals surface area contributed by atoms with Crippen molar-refractivity contribution in [3.63, 3.8) is 0 Å². The molecule has 3 rings (SSSR count). The van der Waals surface area contributed by atoms with E-state index in [2.05, 4.69) is 10.6 Å². The van der Waals surface area contributed by atoms with Crippen LogP contribution in [0.3, 0.4) is 0 Å². The summed E-state index contributed by atoms with van der Waals surface area (Å²) in [5, 5.41) is 7.53. The van der Waals surface area contributed by atoms with Gasteiger partial charge in [0.25, 0.3) is 11.8 Å². The van der Waals surface area contributed by atoms with Gasteiger partial charge in [0, 0.05) is 11.7 Å². The van der Waals surface area contributed by atoms with Crippen LogP contribution in [0, 0.1) is 0 Å². The summed E-state index contributed by atoms with van der Waals surface area (Å²) in [6.07, 6.45) is 4.50. The van der Waals surface area contributed by atoms with Crippen molar-refractivity contribution in [1.29, 1.82) is 0 Å². The average Bonchev–Trinajstić information content (AvgIpc) is 3.24. The van der Waals surface area contributed by atoms with Crippen molar-refractivity contribution in [2.24, 2.45) is 0 Å². The molecule has 0 unspecified atom stereocenters. The molecule has 6 nitrogen and oxygen atoms in total. The fourth-order valence-corrected chi connectivity index (χ4v) is 3.79. The lowest BCUT2D eigenvalue weighted by atomic mass is 9.95. The van der Waals surface area contributed by atoms with Gasteiger partial charge in [0.1, 0.15) is 0 Å². The molecule has 1 aromatic heterocycles. The maximum Gasteiger partial charge on any atom is 0.338 e. The van der Waals surface area contributed by atoms with Gasteiger partial charge in [0.05, 0.1) is 10.4 Å². The molecule has 0 spiro atoms. The minimum Gasteiger partial charge on any atom is -0.449 e. The summed E-state index contributed by atoms with van der Waals surface area (Å²) in [4.78, 5) is 37.4. The number of rotatable bonds is 6. The quantitative estimate of drug-likeness (QED) is 0.718.